The summed E-state index contributed by atoms with van der Waals surface area (Å²) in [5.74, 6) is -0.563. The standard InChI is InChI=1S/C27H29FIN7O2/c1-34(2)16-11-14-36(15-12-16)24-18(8-9-20-23(24)25(29)33-35(20)3)32-27(37)19-10-13-30-26(31-19)22-17(28)6-5-7-21(22)38-4/h5-10,13,16H,11-12,14-15H2,1-4H3,(H,32,37). The summed E-state index contributed by atoms with van der Waals surface area (Å²) in [6.45, 7) is 1.72. The number of anilines is 2. The highest BCUT2D eigenvalue weighted by atomic mass is 127. The summed E-state index contributed by atoms with van der Waals surface area (Å²) in [7, 11) is 7.60. The van der Waals surface area contributed by atoms with Gasteiger partial charge in [-0.25, -0.2) is 14.4 Å². The normalized spacial score (nSPS) is 14.3. The minimum absolute atomic E-state index is 0.0795. The lowest BCUT2D eigenvalue weighted by Gasteiger charge is -2.37. The summed E-state index contributed by atoms with van der Waals surface area (Å²) in [4.78, 5) is 26.7. The van der Waals surface area contributed by atoms with Gasteiger partial charge in [-0.05, 0) is 79.9 Å². The van der Waals surface area contributed by atoms with E-state index in [0.29, 0.717) is 17.5 Å². The molecule has 1 aliphatic heterocycles. The summed E-state index contributed by atoms with van der Waals surface area (Å²) in [5, 5.41) is 8.69. The van der Waals surface area contributed by atoms with Gasteiger partial charge in [0, 0.05) is 32.4 Å². The van der Waals surface area contributed by atoms with Crippen LogP contribution >= 0.6 is 22.6 Å². The SMILES string of the molecule is COc1cccc(F)c1-c1nccc(C(=O)Nc2ccc3c(c(I)nn3C)c2N2CCC(N(C)C)CC2)n1. The number of amides is 1. The smallest absolute Gasteiger partial charge is 0.274 e. The molecular formula is C27H29FIN7O2. The topological polar surface area (TPSA) is 88.4 Å². The van der Waals surface area contributed by atoms with Crippen molar-refractivity contribution in [3.8, 4) is 17.1 Å². The molecule has 1 aliphatic rings. The molecule has 0 aliphatic carbocycles. The van der Waals surface area contributed by atoms with E-state index in [-0.39, 0.29) is 17.1 Å². The molecule has 4 aromatic rings. The van der Waals surface area contributed by atoms with Gasteiger partial charge in [0.1, 0.15) is 21.0 Å². The average Bonchev–Trinajstić information content (AvgIpc) is 3.21. The fourth-order valence-corrected chi connectivity index (χ4v) is 5.86. The zero-order valence-electron chi connectivity index (χ0n) is 21.7. The number of fused-ring (bicyclic) bond motifs is 1. The van der Waals surface area contributed by atoms with E-state index in [1.807, 2.05) is 23.9 Å². The molecule has 9 nitrogen and oxygen atoms in total. The summed E-state index contributed by atoms with van der Waals surface area (Å²) in [6.07, 6.45) is 3.49. The van der Waals surface area contributed by atoms with Crippen molar-refractivity contribution in [1.82, 2.24) is 24.6 Å². The number of carbonyl (C=O) groups excluding carboxylic acids is 1. The van der Waals surface area contributed by atoms with Gasteiger partial charge < -0.3 is 19.9 Å². The molecule has 1 amide bonds. The van der Waals surface area contributed by atoms with Crippen LogP contribution in [0.25, 0.3) is 22.3 Å². The fourth-order valence-electron chi connectivity index (χ4n) is 5.01. The third-order valence-electron chi connectivity index (χ3n) is 7.01. The van der Waals surface area contributed by atoms with Crippen LogP contribution in [0.5, 0.6) is 5.75 Å². The van der Waals surface area contributed by atoms with Crippen LogP contribution in [-0.4, -0.2) is 70.9 Å². The van der Waals surface area contributed by atoms with Crippen LogP contribution in [0.4, 0.5) is 15.8 Å². The molecule has 5 rings (SSSR count). The van der Waals surface area contributed by atoms with Crippen LogP contribution in [0, 0.1) is 9.52 Å². The number of ether oxygens (including phenoxy) is 1. The average molecular weight is 629 g/mol. The Morgan fingerprint density at radius 1 is 1.18 bits per heavy atom. The lowest BCUT2D eigenvalue weighted by Crippen LogP contribution is -2.42. The second-order valence-corrected chi connectivity index (χ2v) is 10.5. The van der Waals surface area contributed by atoms with Crippen LogP contribution in [-0.2, 0) is 7.05 Å². The monoisotopic (exact) mass is 629 g/mol. The molecule has 0 unspecified atom stereocenters. The van der Waals surface area contributed by atoms with Gasteiger partial charge in [-0.15, -0.1) is 0 Å². The molecule has 1 N–H and O–H groups in total. The highest BCUT2D eigenvalue weighted by Gasteiger charge is 2.27. The van der Waals surface area contributed by atoms with Crippen LogP contribution < -0.4 is 15.0 Å². The highest BCUT2D eigenvalue weighted by molar-refractivity contribution is 14.1. The molecule has 1 saturated heterocycles. The predicted molar refractivity (Wildman–Crippen MR) is 154 cm³/mol. The van der Waals surface area contributed by atoms with Crippen molar-refractivity contribution in [1.29, 1.82) is 0 Å². The van der Waals surface area contributed by atoms with Crippen molar-refractivity contribution in [3.63, 3.8) is 0 Å². The third-order valence-corrected chi connectivity index (χ3v) is 7.77. The number of hydrogen-bond acceptors (Lipinski definition) is 7. The number of nitrogens with zero attached hydrogens (tertiary/aromatic N) is 6. The maximum absolute atomic E-state index is 14.6. The molecule has 3 heterocycles. The van der Waals surface area contributed by atoms with Crippen LogP contribution in [0.1, 0.15) is 23.3 Å². The van der Waals surface area contributed by atoms with Gasteiger partial charge in [-0.3, -0.25) is 9.48 Å². The Balaban J connectivity index is 1.51. The van der Waals surface area contributed by atoms with Crippen molar-refractivity contribution in [2.45, 2.75) is 18.9 Å². The van der Waals surface area contributed by atoms with E-state index in [0.717, 1.165) is 46.2 Å². The van der Waals surface area contributed by atoms with Gasteiger partial charge in [0.2, 0.25) is 0 Å². The maximum Gasteiger partial charge on any atom is 0.274 e. The molecule has 198 valence electrons. The van der Waals surface area contributed by atoms with Crippen molar-refractivity contribution >= 4 is 50.8 Å². The Kier molecular flexibility index (Phi) is 7.48. The molecule has 0 spiro atoms. The highest BCUT2D eigenvalue weighted by Crippen LogP contribution is 2.39. The molecule has 0 atom stereocenters. The second-order valence-electron chi connectivity index (χ2n) is 9.49. The first-order valence-electron chi connectivity index (χ1n) is 12.3. The minimum Gasteiger partial charge on any atom is -0.496 e. The second kappa shape index (κ2) is 10.8. The van der Waals surface area contributed by atoms with E-state index >= 15 is 0 Å². The number of nitrogens with one attached hydrogen (secondary N) is 1. The molecule has 0 bridgehead atoms. The number of methoxy groups -OCH3 is 1. The third kappa shape index (κ3) is 4.92. The largest absolute Gasteiger partial charge is 0.496 e. The number of hydrogen-bond donors (Lipinski definition) is 1. The summed E-state index contributed by atoms with van der Waals surface area (Å²) >= 11 is 2.25. The Labute approximate surface area is 234 Å². The summed E-state index contributed by atoms with van der Waals surface area (Å²) in [6, 6.07) is 10.4. The quantitative estimate of drug-likeness (QED) is 0.313. The summed E-state index contributed by atoms with van der Waals surface area (Å²) in [5.41, 5.74) is 2.86. The van der Waals surface area contributed by atoms with Crippen molar-refractivity contribution in [2.24, 2.45) is 7.05 Å². The first-order valence-corrected chi connectivity index (χ1v) is 13.4. The number of halogens is 2. The van der Waals surface area contributed by atoms with Crippen LogP contribution in [0.15, 0.2) is 42.6 Å². The van der Waals surface area contributed by atoms with E-state index < -0.39 is 11.7 Å². The number of aryl methyl sites for hydroxylation is 1. The molecule has 2 aromatic heterocycles. The Morgan fingerprint density at radius 3 is 2.66 bits per heavy atom. The van der Waals surface area contributed by atoms with Crippen molar-refractivity contribution in [2.75, 3.05) is 44.5 Å². The molecule has 11 heteroatoms. The zero-order chi connectivity index (χ0) is 27.0. The fraction of sp³-hybridized carbons (Fsp3) is 0.333. The molecular weight excluding hydrogens is 600 g/mol. The zero-order valence-corrected chi connectivity index (χ0v) is 23.9. The molecule has 2 aromatic carbocycles. The van der Waals surface area contributed by atoms with E-state index in [2.05, 4.69) is 66.9 Å². The van der Waals surface area contributed by atoms with Crippen LogP contribution in [0.2, 0.25) is 0 Å². The first kappa shape index (κ1) is 26.3. The van der Waals surface area contributed by atoms with Crippen molar-refractivity contribution in [3.05, 3.63) is 57.8 Å². The lowest BCUT2D eigenvalue weighted by molar-refractivity contribution is 0.102. The maximum atomic E-state index is 14.6. The Morgan fingerprint density at radius 2 is 1.95 bits per heavy atom. The number of aromatic nitrogens is 4. The first-order chi connectivity index (χ1) is 18.3. The van der Waals surface area contributed by atoms with Crippen LogP contribution in [0.3, 0.4) is 0 Å². The lowest BCUT2D eigenvalue weighted by atomic mass is 10.0. The summed E-state index contributed by atoms with van der Waals surface area (Å²) < 4.78 is 22.7. The number of carbonyl (C=O) groups is 1. The number of piperidine rings is 1. The van der Waals surface area contributed by atoms with Gasteiger partial charge in [-0.2, -0.15) is 5.10 Å². The Bertz CT molecular complexity index is 1500. The number of benzene rings is 2. The molecule has 0 saturated carbocycles. The van der Waals surface area contributed by atoms with E-state index in [1.165, 1.54) is 25.4 Å². The van der Waals surface area contributed by atoms with Gasteiger partial charge >= 0.3 is 0 Å². The van der Waals surface area contributed by atoms with Gasteiger partial charge in [-0.1, -0.05) is 6.07 Å². The number of rotatable bonds is 6. The predicted octanol–water partition coefficient (Wildman–Crippen LogP) is 4.57. The van der Waals surface area contributed by atoms with Crippen molar-refractivity contribution < 1.29 is 13.9 Å². The molecule has 0 radical (unpaired) electrons. The van der Waals surface area contributed by atoms with E-state index in [1.54, 1.807) is 12.1 Å². The Hall–Kier alpha value is -3.32. The van der Waals surface area contributed by atoms with Gasteiger partial charge in [0.15, 0.2) is 5.82 Å². The van der Waals surface area contributed by atoms with E-state index in [9.17, 15) is 9.18 Å². The minimum atomic E-state index is -0.526. The molecule has 1 fully saturated rings. The van der Waals surface area contributed by atoms with Gasteiger partial charge in [0.25, 0.3) is 5.91 Å². The van der Waals surface area contributed by atoms with Gasteiger partial charge in [0.05, 0.1) is 35.0 Å². The molecule has 38 heavy (non-hydrogen) atoms. The van der Waals surface area contributed by atoms with E-state index in [4.69, 9.17) is 4.74 Å².